The number of nitrogens with zero attached hydrogens (tertiary/aromatic N) is 7. The van der Waals surface area contributed by atoms with Gasteiger partial charge in [-0.25, -0.2) is 23.4 Å². The van der Waals surface area contributed by atoms with E-state index in [2.05, 4.69) is 49.8 Å². The first-order valence-electron chi connectivity index (χ1n) is 14.0. The summed E-state index contributed by atoms with van der Waals surface area (Å²) >= 11 is 0. The number of halogens is 2. The van der Waals surface area contributed by atoms with Gasteiger partial charge in [0.2, 0.25) is 5.95 Å². The maximum Gasteiger partial charge on any atom is 0.368 e. The summed E-state index contributed by atoms with van der Waals surface area (Å²) in [6.07, 6.45) is 3.84. The Balaban J connectivity index is 1.42. The minimum Gasteiger partial charge on any atom is -0.477 e. The Morgan fingerprint density at radius 3 is 2.74 bits per heavy atom. The van der Waals surface area contributed by atoms with Crippen LogP contribution in [0.25, 0.3) is 5.69 Å². The standard InChI is InChI=1S/C27H35F2N9O4/c1-6-41-24(39)15(2)42-22-11-18(28)20(12-21(22)38-26(40)36(5)34-35-38)32-25-30-14-19(29)23(33-25)31-16-10-17-8-7-9-37(17)27(3,4)13-16/h11-12,14-17H,6-10,13H2,1-5H3,(H2,30,31,32,33)/t15?,16-,17+/m1/s1. The molecule has 0 spiro atoms. The molecule has 42 heavy (non-hydrogen) atoms. The fraction of sp³-hybridized carbons (Fsp3) is 0.556. The van der Waals surface area contributed by atoms with Crippen molar-refractivity contribution in [2.75, 3.05) is 23.8 Å². The van der Waals surface area contributed by atoms with Crippen LogP contribution in [-0.2, 0) is 16.6 Å². The fourth-order valence-corrected chi connectivity index (χ4v) is 5.82. The van der Waals surface area contributed by atoms with E-state index in [0.717, 1.165) is 53.9 Å². The van der Waals surface area contributed by atoms with Gasteiger partial charge in [-0.1, -0.05) is 0 Å². The summed E-state index contributed by atoms with van der Waals surface area (Å²) in [7, 11) is 1.40. The quantitative estimate of drug-likeness (QED) is 0.357. The van der Waals surface area contributed by atoms with E-state index in [1.54, 1.807) is 6.92 Å². The summed E-state index contributed by atoms with van der Waals surface area (Å²) in [4.78, 5) is 35.6. The Kier molecular flexibility index (Phi) is 8.12. The van der Waals surface area contributed by atoms with Gasteiger partial charge in [0.15, 0.2) is 23.6 Å². The first kappa shape index (κ1) is 29.4. The number of carbonyl (C=O) groups is 1. The first-order valence-corrected chi connectivity index (χ1v) is 14.0. The molecule has 2 fully saturated rings. The van der Waals surface area contributed by atoms with Crippen LogP contribution < -0.4 is 21.1 Å². The molecule has 3 atom stereocenters. The predicted octanol–water partition coefficient (Wildman–Crippen LogP) is 2.93. The normalized spacial score (nSPS) is 20.5. The van der Waals surface area contributed by atoms with Crippen molar-refractivity contribution in [1.82, 2.24) is 34.7 Å². The van der Waals surface area contributed by atoms with E-state index in [1.165, 1.54) is 20.0 Å². The summed E-state index contributed by atoms with van der Waals surface area (Å²) < 4.78 is 42.7. The van der Waals surface area contributed by atoms with Crippen molar-refractivity contribution in [3.63, 3.8) is 0 Å². The Morgan fingerprint density at radius 1 is 1.24 bits per heavy atom. The van der Waals surface area contributed by atoms with Crippen molar-refractivity contribution < 1.29 is 23.0 Å². The number of hydrogen-bond donors (Lipinski definition) is 2. The van der Waals surface area contributed by atoms with E-state index >= 15 is 4.39 Å². The topological polar surface area (TPSA) is 141 Å². The highest BCUT2D eigenvalue weighted by Crippen LogP contribution is 2.39. The molecule has 4 heterocycles. The molecule has 1 unspecified atom stereocenters. The van der Waals surface area contributed by atoms with Crippen molar-refractivity contribution in [1.29, 1.82) is 0 Å². The molecule has 2 aromatic heterocycles. The number of piperidine rings is 1. The van der Waals surface area contributed by atoms with Gasteiger partial charge in [-0.15, -0.1) is 0 Å². The number of benzene rings is 1. The van der Waals surface area contributed by atoms with Crippen LogP contribution >= 0.6 is 0 Å². The second-order valence-corrected chi connectivity index (χ2v) is 11.2. The van der Waals surface area contributed by atoms with Gasteiger partial charge in [0.25, 0.3) is 0 Å². The monoisotopic (exact) mass is 587 g/mol. The van der Waals surface area contributed by atoms with E-state index in [-0.39, 0.29) is 47.1 Å². The van der Waals surface area contributed by atoms with E-state index in [0.29, 0.717) is 6.04 Å². The number of esters is 1. The van der Waals surface area contributed by atoms with Gasteiger partial charge in [0.05, 0.1) is 18.5 Å². The van der Waals surface area contributed by atoms with Gasteiger partial charge in [-0.2, -0.15) is 14.3 Å². The van der Waals surface area contributed by atoms with Crippen LogP contribution in [0.1, 0.15) is 53.4 Å². The van der Waals surface area contributed by atoms with E-state index < -0.39 is 29.4 Å². The molecular weight excluding hydrogens is 552 g/mol. The fourth-order valence-electron chi connectivity index (χ4n) is 5.82. The van der Waals surface area contributed by atoms with Gasteiger partial charge in [-0.3, -0.25) is 4.90 Å². The third-order valence-electron chi connectivity index (χ3n) is 7.71. The predicted molar refractivity (Wildman–Crippen MR) is 149 cm³/mol. The Hall–Kier alpha value is -4.14. The Labute approximate surface area is 241 Å². The maximum absolute atomic E-state index is 15.4. The molecule has 2 N–H and O–H groups in total. The largest absolute Gasteiger partial charge is 0.477 e. The lowest BCUT2D eigenvalue weighted by Crippen LogP contribution is -2.55. The van der Waals surface area contributed by atoms with Crippen molar-refractivity contribution in [2.45, 2.75) is 77.1 Å². The summed E-state index contributed by atoms with van der Waals surface area (Å²) in [5.74, 6) is -2.31. The highest BCUT2D eigenvalue weighted by Gasteiger charge is 2.43. The van der Waals surface area contributed by atoms with E-state index in [1.807, 2.05) is 0 Å². The lowest BCUT2D eigenvalue weighted by molar-refractivity contribution is -0.150. The molecule has 15 heteroatoms. The molecule has 2 saturated heterocycles. The summed E-state index contributed by atoms with van der Waals surface area (Å²) in [6.45, 7) is 8.68. The summed E-state index contributed by atoms with van der Waals surface area (Å²) in [5, 5.41) is 13.5. The SMILES string of the molecule is CCOC(=O)C(C)Oc1cc(F)c(Nc2ncc(F)c(N[C@@H]3C[C@@H]4CCCN4C(C)(C)C3)n2)cc1-n1nnn(C)c1=O. The van der Waals surface area contributed by atoms with Crippen LogP contribution in [0.3, 0.4) is 0 Å². The molecule has 226 valence electrons. The van der Waals surface area contributed by atoms with Crippen LogP contribution in [0.15, 0.2) is 23.1 Å². The van der Waals surface area contributed by atoms with E-state index in [4.69, 9.17) is 9.47 Å². The number of tetrazole rings is 1. The van der Waals surface area contributed by atoms with Gasteiger partial charge in [-0.05, 0) is 76.4 Å². The van der Waals surface area contributed by atoms with Gasteiger partial charge in [0.1, 0.15) is 11.4 Å². The van der Waals surface area contributed by atoms with E-state index in [9.17, 15) is 14.0 Å². The third kappa shape index (κ3) is 5.91. The molecular formula is C27H35F2N9O4. The maximum atomic E-state index is 15.4. The minimum absolute atomic E-state index is 0.000775. The van der Waals surface area contributed by atoms with Gasteiger partial charge < -0.3 is 20.1 Å². The number of anilines is 3. The van der Waals surface area contributed by atoms with Crippen LogP contribution in [0.2, 0.25) is 0 Å². The van der Waals surface area contributed by atoms with Crippen molar-refractivity contribution >= 4 is 23.4 Å². The molecule has 0 radical (unpaired) electrons. The summed E-state index contributed by atoms with van der Waals surface area (Å²) in [6, 6.07) is 2.67. The average molecular weight is 588 g/mol. The zero-order chi connectivity index (χ0) is 30.2. The average Bonchev–Trinajstić information content (AvgIpc) is 3.54. The van der Waals surface area contributed by atoms with Crippen molar-refractivity contribution in [3.8, 4) is 11.4 Å². The number of carbonyl (C=O) groups excluding carboxylic acids is 1. The molecule has 2 aliphatic heterocycles. The first-order chi connectivity index (χ1) is 20.0. The minimum atomic E-state index is -1.11. The van der Waals surface area contributed by atoms with Crippen LogP contribution in [0.5, 0.6) is 5.75 Å². The lowest BCUT2D eigenvalue weighted by atomic mass is 9.84. The Morgan fingerprint density at radius 2 is 2.02 bits per heavy atom. The summed E-state index contributed by atoms with van der Waals surface area (Å²) in [5.41, 5.74) is -0.813. The molecule has 0 saturated carbocycles. The molecule has 2 aliphatic rings. The highest BCUT2D eigenvalue weighted by molar-refractivity contribution is 5.75. The van der Waals surface area contributed by atoms with Crippen LogP contribution in [0, 0.1) is 11.6 Å². The van der Waals surface area contributed by atoms with Crippen molar-refractivity contribution in [3.05, 3.63) is 40.4 Å². The molecule has 0 aliphatic carbocycles. The highest BCUT2D eigenvalue weighted by atomic mass is 19.1. The number of nitrogens with one attached hydrogen (secondary N) is 2. The second-order valence-electron chi connectivity index (χ2n) is 11.2. The molecule has 13 nitrogen and oxygen atoms in total. The molecule has 5 rings (SSSR count). The smallest absolute Gasteiger partial charge is 0.368 e. The zero-order valence-corrected chi connectivity index (χ0v) is 24.2. The Bertz CT molecular complexity index is 1530. The number of aryl methyl sites for hydroxylation is 1. The number of fused-ring (bicyclic) bond motifs is 1. The number of aromatic nitrogens is 6. The molecule has 0 bridgehead atoms. The second kappa shape index (κ2) is 11.6. The van der Waals surface area contributed by atoms with Crippen molar-refractivity contribution in [2.24, 2.45) is 7.05 Å². The van der Waals surface area contributed by atoms with Crippen LogP contribution in [-0.4, -0.2) is 77.5 Å². The lowest BCUT2D eigenvalue weighted by Gasteiger charge is -2.47. The molecule has 3 aromatic rings. The number of rotatable bonds is 9. The third-order valence-corrected chi connectivity index (χ3v) is 7.71. The number of hydrogen-bond acceptors (Lipinski definition) is 11. The number of ether oxygens (including phenoxy) is 2. The van der Waals surface area contributed by atoms with Gasteiger partial charge in [0, 0.05) is 30.7 Å². The molecule has 0 amide bonds. The molecule has 1 aromatic carbocycles. The van der Waals surface area contributed by atoms with Crippen LogP contribution in [0.4, 0.5) is 26.2 Å². The van der Waals surface area contributed by atoms with Gasteiger partial charge >= 0.3 is 11.7 Å². The zero-order valence-electron chi connectivity index (χ0n) is 24.2.